The fourth-order valence-corrected chi connectivity index (χ4v) is 3.72. The molecule has 0 spiro atoms. The molecular formula is C24H29N5O2. The van der Waals surface area contributed by atoms with E-state index in [0.717, 1.165) is 37.4 Å². The van der Waals surface area contributed by atoms with Gasteiger partial charge in [0.05, 0.1) is 12.6 Å². The maximum atomic E-state index is 12.4. The zero-order chi connectivity index (χ0) is 21.8. The third-order valence-corrected chi connectivity index (χ3v) is 5.75. The Hall–Kier alpha value is -3.03. The van der Waals surface area contributed by atoms with Crippen LogP contribution in [0.5, 0.6) is 0 Å². The van der Waals surface area contributed by atoms with Crippen LogP contribution in [0.15, 0.2) is 52.9 Å². The lowest BCUT2D eigenvalue weighted by molar-refractivity contribution is -0.117. The Labute approximate surface area is 183 Å². The van der Waals surface area contributed by atoms with Gasteiger partial charge in [0.15, 0.2) is 0 Å². The smallest absolute Gasteiger partial charge is 0.247 e. The first kappa shape index (κ1) is 21.2. The molecule has 3 aromatic rings. The molecule has 7 nitrogen and oxygen atoms in total. The lowest BCUT2D eigenvalue weighted by Crippen LogP contribution is -2.49. The van der Waals surface area contributed by atoms with Crippen LogP contribution in [0.25, 0.3) is 11.5 Å². The van der Waals surface area contributed by atoms with E-state index >= 15 is 0 Å². The molecular weight excluding hydrogens is 390 g/mol. The fraction of sp³-hybridized carbons (Fsp3) is 0.375. The molecule has 7 heteroatoms. The van der Waals surface area contributed by atoms with Crippen molar-refractivity contribution in [3.63, 3.8) is 0 Å². The molecule has 2 aromatic carbocycles. The van der Waals surface area contributed by atoms with E-state index in [-0.39, 0.29) is 11.9 Å². The van der Waals surface area contributed by atoms with E-state index in [1.165, 1.54) is 11.1 Å². The van der Waals surface area contributed by atoms with E-state index in [1.807, 2.05) is 55.5 Å². The second kappa shape index (κ2) is 9.41. The molecule has 1 fully saturated rings. The summed E-state index contributed by atoms with van der Waals surface area (Å²) < 4.78 is 5.95. The van der Waals surface area contributed by atoms with Gasteiger partial charge in [0.2, 0.25) is 17.7 Å². The van der Waals surface area contributed by atoms with Gasteiger partial charge in [-0.2, -0.15) is 0 Å². The maximum absolute atomic E-state index is 12.4. The van der Waals surface area contributed by atoms with Crippen molar-refractivity contribution in [2.45, 2.75) is 26.8 Å². The lowest BCUT2D eigenvalue weighted by atomic mass is 10.1. The van der Waals surface area contributed by atoms with E-state index in [9.17, 15) is 4.79 Å². The average Bonchev–Trinajstić information content (AvgIpc) is 3.26. The van der Waals surface area contributed by atoms with Crippen LogP contribution in [-0.4, -0.2) is 58.6 Å². The molecule has 1 unspecified atom stereocenters. The number of nitrogens with zero attached hydrogens (tertiary/aromatic N) is 4. The van der Waals surface area contributed by atoms with Crippen molar-refractivity contribution in [1.29, 1.82) is 0 Å². The number of hydrogen-bond acceptors (Lipinski definition) is 6. The summed E-state index contributed by atoms with van der Waals surface area (Å²) in [5, 5.41) is 11.5. The lowest BCUT2D eigenvalue weighted by Gasteiger charge is -2.36. The van der Waals surface area contributed by atoms with E-state index < -0.39 is 0 Å². The first-order chi connectivity index (χ1) is 15.0. The minimum atomic E-state index is 0.0185. The van der Waals surface area contributed by atoms with Crippen molar-refractivity contribution in [1.82, 2.24) is 20.0 Å². The molecule has 4 rings (SSSR count). The summed E-state index contributed by atoms with van der Waals surface area (Å²) >= 11 is 0. The second-order valence-corrected chi connectivity index (χ2v) is 8.21. The van der Waals surface area contributed by atoms with Gasteiger partial charge in [-0.05, 0) is 45.0 Å². The quantitative estimate of drug-likeness (QED) is 0.657. The Morgan fingerprint density at radius 2 is 1.58 bits per heavy atom. The van der Waals surface area contributed by atoms with Crippen LogP contribution in [-0.2, 0) is 4.79 Å². The molecule has 1 aliphatic heterocycles. The van der Waals surface area contributed by atoms with Crippen molar-refractivity contribution in [3.05, 3.63) is 65.5 Å². The number of benzene rings is 2. The van der Waals surface area contributed by atoms with Gasteiger partial charge in [-0.1, -0.05) is 35.4 Å². The van der Waals surface area contributed by atoms with Crippen LogP contribution >= 0.6 is 0 Å². The van der Waals surface area contributed by atoms with Gasteiger partial charge in [0, 0.05) is 37.4 Å². The predicted molar refractivity (Wildman–Crippen MR) is 121 cm³/mol. The Balaban J connectivity index is 1.28. The standard InChI is InChI=1S/C24H29N5O2/c1-17-4-8-20(9-5-17)24-27-26-23(31-24)19(3)29-14-12-28(13-15-29)16-22(30)25-21-10-6-18(2)7-11-21/h4-11,19H,12-16H2,1-3H3,(H,25,30). The average molecular weight is 420 g/mol. The summed E-state index contributed by atoms with van der Waals surface area (Å²) in [6.45, 7) is 9.92. The molecule has 2 heterocycles. The number of aromatic nitrogens is 2. The highest BCUT2D eigenvalue weighted by atomic mass is 16.4. The monoisotopic (exact) mass is 419 g/mol. The first-order valence-corrected chi connectivity index (χ1v) is 10.7. The van der Waals surface area contributed by atoms with Gasteiger partial charge in [-0.15, -0.1) is 10.2 Å². The maximum Gasteiger partial charge on any atom is 0.247 e. The van der Waals surface area contributed by atoms with Crippen LogP contribution in [0.4, 0.5) is 5.69 Å². The van der Waals surface area contributed by atoms with Gasteiger partial charge in [-0.3, -0.25) is 14.6 Å². The van der Waals surface area contributed by atoms with Gasteiger partial charge in [0.25, 0.3) is 0 Å². The van der Waals surface area contributed by atoms with Gasteiger partial charge >= 0.3 is 0 Å². The molecule has 1 aliphatic rings. The van der Waals surface area contributed by atoms with E-state index in [4.69, 9.17) is 4.42 Å². The molecule has 0 radical (unpaired) electrons. The van der Waals surface area contributed by atoms with Gasteiger partial charge in [0.1, 0.15) is 0 Å². The SMILES string of the molecule is Cc1ccc(NC(=O)CN2CCN(C(C)c3nnc(-c4ccc(C)cc4)o3)CC2)cc1. The molecule has 0 saturated carbocycles. The number of carbonyl (C=O) groups is 1. The number of piperazine rings is 1. The number of carbonyl (C=O) groups excluding carboxylic acids is 1. The van der Waals surface area contributed by atoms with Crippen LogP contribution in [0.1, 0.15) is 30.0 Å². The largest absolute Gasteiger partial charge is 0.419 e. The highest BCUT2D eigenvalue weighted by molar-refractivity contribution is 5.92. The molecule has 1 atom stereocenters. The van der Waals surface area contributed by atoms with Crippen molar-refractivity contribution in [2.24, 2.45) is 0 Å². The number of amides is 1. The Morgan fingerprint density at radius 3 is 2.23 bits per heavy atom. The van der Waals surface area contributed by atoms with Gasteiger partial charge < -0.3 is 9.73 Å². The Bertz CT molecular complexity index is 1010. The fourth-order valence-electron chi connectivity index (χ4n) is 3.72. The predicted octanol–water partition coefficient (Wildman–Crippen LogP) is 3.67. The minimum Gasteiger partial charge on any atom is -0.419 e. The van der Waals surface area contributed by atoms with E-state index in [1.54, 1.807) is 0 Å². The van der Waals surface area contributed by atoms with E-state index in [0.29, 0.717) is 18.3 Å². The van der Waals surface area contributed by atoms with Crippen LogP contribution in [0.2, 0.25) is 0 Å². The van der Waals surface area contributed by atoms with Crippen molar-refractivity contribution in [3.8, 4) is 11.5 Å². The molecule has 162 valence electrons. The summed E-state index contributed by atoms with van der Waals surface area (Å²) in [7, 11) is 0. The summed E-state index contributed by atoms with van der Waals surface area (Å²) in [6.07, 6.45) is 0. The number of nitrogens with one attached hydrogen (secondary N) is 1. The molecule has 1 aromatic heterocycles. The third kappa shape index (κ3) is 5.37. The van der Waals surface area contributed by atoms with E-state index in [2.05, 4.69) is 39.2 Å². The van der Waals surface area contributed by atoms with Gasteiger partial charge in [-0.25, -0.2) is 0 Å². The Kier molecular flexibility index (Phi) is 6.44. The normalized spacial score (nSPS) is 16.2. The number of hydrogen-bond donors (Lipinski definition) is 1. The summed E-state index contributed by atoms with van der Waals surface area (Å²) in [6, 6.07) is 16.0. The first-order valence-electron chi connectivity index (χ1n) is 10.7. The second-order valence-electron chi connectivity index (χ2n) is 8.21. The summed E-state index contributed by atoms with van der Waals surface area (Å²) in [4.78, 5) is 16.9. The molecule has 1 N–H and O–H groups in total. The molecule has 31 heavy (non-hydrogen) atoms. The highest BCUT2D eigenvalue weighted by Gasteiger charge is 2.26. The van der Waals surface area contributed by atoms with Crippen molar-refractivity contribution < 1.29 is 9.21 Å². The summed E-state index contributed by atoms with van der Waals surface area (Å²) in [5.74, 6) is 1.19. The number of rotatable bonds is 6. The number of aryl methyl sites for hydroxylation is 2. The zero-order valence-corrected chi connectivity index (χ0v) is 18.3. The van der Waals surface area contributed by atoms with Crippen molar-refractivity contribution >= 4 is 11.6 Å². The van der Waals surface area contributed by atoms with Crippen LogP contribution in [0.3, 0.4) is 0 Å². The molecule has 0 aliphatic carbocycles. The van der Waals surface area contributed by atoms with Crippen molar-refractivity contribution in [2.75, 3.05) is 38.0 Å². The summed E-state index contributed by atoms with van der Waals surface area (Å²) in [5.41, 5.74) is 4.14. The van der Waals surface area contributed by atoms with Crippen LogP contribution in [0, 0.1) is 13.8 Å². The zero-order valence-electron chi connectivity index (χ0n) is 18.3. The highest BCUT2D eigenvalue weighted by Crippen LogP contribution is 2.25. The minimum absolute atomic E-state index is 0.0185. The third-order valence-electron chi connectivity index (χ3n) is 5.75. The number of anilines is 1. The molecule has 0 bridgehead atoms. The molecule has 1 saturated heterocycles. The topological polar surface area (TPSA) is 74.5 Å². The molecule has 1 amide bonds. The Morgan fingerprint density at radius 1 is 0.968 bits per heavy atom. The van der Waals surface area contributed by atoms with Crippen LogP contribution < -0.4 is 5.32 Å².